The number of anilines is 1. The first kappa shape index (κ1) is 25.6. The van der Waals surface area contributed by atoms with Crippen molar-refractivity contribution in [3.05, 3.63) is 88.1 Å². The average molecular weight is 504 g/mol. The number of hydrogen-bond acceptors (Lipinski definition) is 7. The molecular formula is C29H33N3O3S. The molecule has 1 aliphatic heterocycles. The fourth-order valence-electron chi connectivity index (χ4n) is 4.26. The first-order chi connectivity index (χ1) is 17.5. The molecule has 0 saturated heterocycles. The number of aryl methyl sites for hydroxylation is 1. The Morgan fingerprint density at radius 3 is 2.67 bits per heavy atom. The van der Waals surface area contributed by atoms with E-state index >= 15 is 0 Å². The summed E-state index contributed by atoms with van der Waals surface area (Å²) in [7, 11) is 1.94. The van der Waals surface area contributed by atoms with Gasteiger partial charge in [-0.05, 0) is 54.3 Å². The van der Waals surface area contributed by atoms with Crippen LogP contribution >= 0.6 is 11.8 Å². The van der Waals surface area contributed by atoms with Crippen LogP contribution in [0, 0.1) is 0 Å². The van der Waals surface area contributed by atoms with Crippen LogP contribution in [0.3, 0.4) is 0 Å². The lowest BCUT2D eigenvalue weighted by atomic mass is 10.0. The van der Waals surface area contributed by atoms with Crippen LogP contribution in [0.1, 0.15) is 49.3 Å². The van der Waals surface area contributed by atoms with Crippen LogP contribution in [0.15, 0.2) is 75.1 Å². The zero-order chi connectivity index (χ0) is 25.5. The minimum atomic E-state index is -0.391. The van der Waals surface area contributed by atoms with Crippen molar-refractivity contribution in [3.63, 3.8) is 0 Å². The molecule has 0 bridgehead atoms. The molecule has 2 heterocycles. The highest BCUT2D eigenvalue weighted by Gasteiger charge is 2.15. The first-order valence-corrected chi connectivity index (χ1v) is 13.4. The smallest absolute Gasteiger partial charge is 0.339 e. The summed E-state index contributed by atoms with van der Waals surface area (Å²) >= 11 is 1.63. The van der Waals surface area contributed by atoms with E-state index in [2.05, 4.69) is 13.0 Å². The second-order valence-electron chi connectivity index (χ2n) is 8.97. The summed E-state index contributed by atoms with van der Waals surface area (Å²) in [5, 5.41) is 12.1. The highest BCUT2D eigenvalue weighted by Crippen LogP contribution is 2.29. The summed E-state index contributed by atoms with van der Waals surface area (Å²) in [5.74, 6) is 0.980. The molecule has 0 unspecified atom stereocenters. The fraction of sp³-hybridized carbons (Fsp3) is 0.310. The molecule has 3 aromatic rings. The van der Waals surface area contributed by atoms with E-state index in [0.717, 1.165) is 58.0 Å². The maximum absolute atomic E-state index is 12.7. The molecule has 0 atom stereocenters. The number of nitrogens with zero attached hydrogens (tertiary/aromatic N) is 2. The van der Waals surface area contributed by atoms with E-state index in [-0.39, 0.29) is 5.75 Å². The van der Waals surface area contributed by atoms with Gasteiger partial charge in [-0.3, -0.25) is 0 Å². The molecule has 0 amide bonds. The van der Waals surface area contributed by atoms with Crippen LogP contribution < -0.4 is 16.3 Å². The van der Waals surface area contributed by atoms with Crippen LogP contribution in [-0.2, 0) is 12.8 Å². The number of unbranched alkanes of at least 4 members (excludes halogenated alkanes) is 3. The molecule has 2 aromatic carbocycles. The Morgan fingerprint density at radius 1 is 1.14 bits per heavy atom. The van der Waals surface area contributed by atoms with Gasteiger partial charge in [0.15, 0.2) is 0 Å². The average Bonchev–Trinajstić information content (AvgIpc) is 2.88. The van der Waals surface area contributed by atoms with Crippen molar-refractivity contribution in [2.75, 3.05) is 17.7 Å². The normalized spacial score (nSPS) is 13.7. The molecule has 4 rings (SSSR count). The van der Waals surface area contributed by atoms with Crippen molar-refractivity contribution < 1.29 is 9.52 Å². The molecule has 0 radical (unpaired) electrons. The zero-order valence-corrected chi connectivity index (χ0v) is 21.7. The Balaban J connectivity index is 1.53. The Hall–Kier alpha value is -3.45. The van der Waals surface area contributed by atoms with E-state index in [1.165, 1.54) is 19.0 Å². The van der Waals surface area contributed by atoms with Crippen LogP contribution in [0.2, 0.25) is 0 Å². The van der Waals surface area contributed by atoms with Crippen molar-refractivity contribution in [1.29, 1.82) is 0 Å². The Morgan fingerprint density at radius 2 is 1.92 bits per heavy atom. The third-order valence-corrected chi connectivity index (χ3v) is 7.20. The number of phenols is 1. The Labute approximate surface area is 216 Å². The van der Waals surface area contributed by atoms with E-state index in [1.807, 2.05) is 48.3 Å². The van der Waals surface area contributed by atoms with Gasteiger partial charge in [0.05, 0.1) is 10.7 Å². The molecule has 6 nitrogen and oxygen atoms in total. The zero-order valence-electron chi connectivity index (χ0n) is 20.9. The minimum absolute atomic E-state index is 0.188. The van der Waals surface area contributed by atoms with Gasteiger partial charge in [-0.1, -0.05) is 38.3 Å². The summed E-state index contributed by atoms with van der Waals surface area (Å²) in [4.78, 5) is 19.5. The van der Waals surface area contributed by atoms with Crippen LogP contribution in [-0.4, -0.2) is 23.0 Å². The third-order valence-electron chi connectivity index (χ3n) is 6.30. The predicted molar refractivity (Wildman–Crippen MR) is 152 cm³/mol. The molecular weight excluding hydrogens is 470 g/mol. The van der Waals surface area contributed by atoms with Crippen molar-refractivity contribution in [1.82, 2.24) is 0 Å². The van der Waals surface area contributed by atoms with Crippen molar-refractivity contribution >= 4 is 39.2 Å². The van der Waals surface area contributed by atoms with E-state index in [9.17, 15) is 9.90 Å². The van der Waals surface area contributed by atoms with Crippen LogP contribution in [0.4, 0.5) is 5.69 Å². The molecule has 1 aliphatic rings. The maximum atomic E-state index is 12.7. The number of thioether (sulfide) groups is 1. The van der Waals surface area contributed by atoms with Gasteiger partial charge in [0.2, 0.25) is 0 Å². The van der Waals surface area contributed by atoms with E-state index < -0.39 is 5.63 Å². The van der Waals surface area contributed by atoms with Gasteiger partial charge in [0, 0.05) is 54.3 Å². The summed E-state index contributed by atoms with van der Waals surface area (Å²) in [6.45, 7) is 2.18. The van der Waals surface area contributed by atoms with Gasteiger partial charge in [-0.25, -0.2) is 9.79 Å². The number of fused-ring (bicyclic) bond motifs is 1. The molecule has 1 aromatic heterocycles. The molecule has 0 spiro atoms. The van der Waals surface area contributed by atoms with E-state index in [1.54, 1.807) is 24.0 Å². The number of aromatic hydroxyl groups is 1. The van der Waals surface area contributed by atoms with Crippen molar-refractivity contribution in [2.45, 2.75) is 45.4 Å². The van der Waals surface area contributed by atoms with Gasteiger partial charge in [0.25, 0.3) is 0 Å². The molecule has 188 valence electrons. The molecule has 3 N–H and O–H groups in total. The number of benzene rings is 2. The largest absolute Gasteiger partial charge is 0.508 e. The molecule has 0 aliphatic carbocycles. The Bertz CT molecular complexity index is 1360. The van der Waals surface area contributed by atoms with Crippen LogP contribution in [0.25, 0.3) is 16.7 Å². The van der Waals surface area contributed by atoms with Gasteiger partial charge < -0.3 is 20.2 Å². The van der Waals surface area contributed by atoms with Gasteiger partial charge in [-0.2, -0.15) is 0 Å². The monoisotopic (exact) mass is 503 g/mol. The van der Waals surface area contributed by atoms with Gasteiger partial charge >= 0.3 is 5.63 Å². The van der Waals surface area contributed by atoms with Crippen molar-refractivity contribution in [3.8, 4) is 5.75 Å². The number of aliphatic imine (C=N–C) groups is 1. The highest BCUT2D eigenvalue weighted by atomic mass is 32.2. The van der Waals surface area contributed by atoms with Crippen LogP contribution in [0.5, 0.6) is 5.75 Å². The second-order valence-corrected chi connectivity index (χ2v) is 10.1. The quantitative estimate of drug-likeness (QED) is 0.252. The lowest BCUT2D eigenvalue weighted by Crippen LogP contribution is -2.13. The SMILES string of the molecule is CCCCCCc1cc2cc(CC3=NC(c4ccc(N(C)/C=C\N)cc4)=CCS3)c(=O)oc2cc1O. The summed E-state index contributed by atoms with van der Waals surface area (Å²) in [5.41, 5.74) is 9.92. The Kier molecular flexibility index (Phi) is 8.54. The lowest BCUT2D eigenvalue weighted by Gasteiger charge is -2.16. The third kappa shape index (κ3) is 6.21. The topological polar surface area (TPSA) is 92.1 Å². The number of phenolic OH excluding ortho intramolecular Hbond substituents is 1. The minimum Gasteiger partial charge on any atom is -0.508 e. The van der Waals surface area contributed by atoms with Crippen molar-refractivity contribution in [2.24, 2.45) is 10.7 Å². The molecule has 0 fully saturated rings. The summed E-state index contributed by atoms with van der Waals surface area (Å²) in [6, 6.07) is 13.5. The fourth-order valence-corrected chi connectivity index (χ4v) is 5.11. The predicted octanol–water partition coefficient (Wildman–Crippen LogP) is 6.22. The second kappa shape index (κ2) is 12.0. The molecule has 0 saturated carbocycles. The van der Waals surface area contributed by atoms with Gasteiger partial charge in [0.1, 0.15) is 11.3 Å². The number of hydrogen-bond donors (Lipinski definition) is 2. The summed E-state index contributed by atoms with van der Waals surface area (Å²) < 4.78 is 5.57. The molecule has 36 heavy (non-hydrogen) atoms. The standard InChI is InChI=1S/C29H33N3O3S/c1-3-4-5-6-7-21-16-22-17-23(29(34)35-27(22)19-26(21)33)18-28-31-25(12-15-36-28)20-8-10-24(11-9-20)32(2)14-13-30/h8-14,16-17,19,33H,3-7,15,18,30H2,1-2H3/b14-13-. The summed E-state index contributed by atoms with van der Waals surface area (Å²) in [6.07, 6.45) is 11.2. The van der Waals surface area contributed by atoms with E-state index in [0.29, 0.717) is 17.6 Å². The lowest BCUT2D eigenvalue weighted by molar-refractivity contribution is 0.464. The highest BCUT2D eigenvalue weighted by molar-refractivity contribution is 8.14. The maximum Gasteiger partial charge on any atom is 0.339 e. The molecule has 7 heteroatoms. The number of nitrogens with two attached hydrogens (primary N) is 1. The van der Waals surface area contributed by atoms with E-state index in [4.69, 9.17) is 15.1 Å². The number of rotatable bonds is 10. The first-order valence-electron chi connectivity index (χ1n) is 12.4. The van der Waals surface area contributed by atoms with Gasteiger partial charge in [-0.15, -0.1) is 11.8 Å².